The number of benzene rings is 3. The number of ether oxygens (including phenoxy) is 6. The van der Waals surface area contributed by atoms with E-state index in [0.29, 0.717) is 73.3 Å². The highest BCUT2D eigenvalue weighted by molar-refractivity contribution is 7.22. The van der Waals surface area contributed by atoms with Crippen LogP contribution in [0.2, 0.25) is 0 Å². The number of aliphatic hydroxyl groups is 3. The second-order valence-electron chi connectivity index (χ2n) is 24.4. The number of carbonyl (C=O) groups is 5. The van der Waals surface area contributed by atoms with Crippen molar-refractivity contribution >= 4 is 62.4 Å². The van der Waals surface area contributed by atoms with Gasteiger partial charge in [0.2, 0.25) is 17.3 Å². The number of thiazole rings is 1. The molecule has 6 aliphatic rings. The van der Waals surface area contributed by atoms with Crippen molar-refractivity contribution in [3.05, 3.63) is 136 Å². The van der Waals surface area contributed by atoms with Crippen LogP contribution in [0.1, 0.15) is 102 Å². The Morgan fingerprint density at radius 2 is 1.63 bits per heavy atom. The van der Waals surface area contributed by atoms with Crippen LogP contribution in [-0.4, -0.2) is 150 Å². The van der Waals surface area contributed by atoms with E-state index in [1.807, 2.05) is 59.0 Å². The van der Waals surface area contributed by atoms with E-state index in [0.717, 1.165) is 59.1 Å². The summed E-state index contributed by atoms with van der Waals surface area (Å²) in [4.78, 5) is 77.3. The van der Waals surface area contributed by atoms with Crippen molar-refractivity contribution in [3.8, 4) is 22.6 Å². The van der Waals surface area contributed by atoms with Gasteiger partial charge in [-0.15, -0.1) is 0 Å². The fourth-order valence-corrected chi connectivity index (χ4v) is 15.6. The number of rotatable bonds is 25. The number of para-hydroxylation sites is 1. The Kier molecular flexibility index (Phi) is 17.2. The number of anilines is 2. The summed E-state index contributed by atoms with van der Waals surface area (Å²) in [6, 6.07) is 21.3. The molecule has 2 aliphatic heterocycles. The van der Waals surface area contributed by atoms with Gasteiger partial charge in [0.15, 0.2) is 10.8 Å². The van der Waals surface area contributed by atoms with Crippen molar-refractivity contribution in [2.45, 2.75) is 104 Å². The molecule has 3 aromatic heterocycles. The molecule has 12 rings (SSSR count). The topological polar surface area (TPSA) is 350 Å². The van der Waals surface area contributed by atoms with Gasteiger partial charge in [0, 0.05) is 73.3 Å². The van der Waals surface area contributed by atoms with Gasteiger partial charge in [-0.1, -0.05) is 49.4 Å². The second kappa shape index (κ2) is 24.9. The number of pyridine rings is 1. The molecule has 0 radical (unpaired) electrons. The third-order valence-electron chi connectivity index (χ3n) is 17.3. The van der Waals surface area contributed by atoms with Gasteiger partial charge in [0.1, 0.15) is 30.5 Å². The van der Waals surface area contributed by atoms with Gasteiger partial charge < -0.3 is 74.6 Å². The number of nitrogens with zero attached hydrogens (tertiary/aromatic N) is 6. The molecule has 26 heteroatoms. The molecule has 4 fully saturated rings. The van der Waals surface area contributed by atoms with Crippen molar-refractivity contribution in [1.82, 2.24) is 24.6 Å². The summed E-state index contributed by atoms with van der Waals surface area (Å²) in [5.74, 6) is -8.43. The maximum Gasteiger partial charge on any atom is 0.410 e. The van der Waals surface area contributed by atoms with Gasteiger partial charge in [0.05, 0.1) is 48.3 Å². The molecule has 0 saturated heterocycles. The Morgan fingerprint density at radius 3 is 2.37 bits per heavy atom. The molecular weight excluding hydrogens is 1170 g/mol. The van der Waals surface area contributed by atoms with Crippen LogP contribution in [0.15, 0.2) is 102 Å². The molecule has 9 N–H and O–H groups in total. The van der Waals surface area contributed by atoms with Gasteiger partial charge in [-0.25, -0.2) is 24.4 Å². The molecule has 2 unspecified atom stereocenters. The maximum atomic E-state index is 14.0. The lowest BCUT2D eigenvalue weighted by atomic mass is 9.39. The largest absolute Gasteiger partial charge is 0.503 e. The number of aromatic nitrogens is 4. The van der Waals surface area contributed by atoms with Gasteiger partial charge in [-0.05, 0) is 122 Å². The Hall–Kier alpha value is -8.98. The van der Waals surface area contributed by atoms with Crippen molar-refractivity contribution < 1.29 is 83.0 Å². The number of nitrogens with two attached hydrogens (primary N) is 1. The van der Waals surface area contributed by atoms with E-state index in [2.05, 4.69) is 24.1 Å². The smallest absolute Gasteiger partial charge is 0.410 e. The van der Waals surface area contributed by atoms with Crippen LogP contribution in [0.3, 0.4) is 0 Å². The lowest BCUT2D eigenvalue weighted by Gasteiger charge is -2.69. The lowest BCUT2D eigenvalue weighted by Crippen LogP contribution is -2.64. The van der Waals surface area contributed by atoms with Gasteiger partial charge >= 0.3 is 30.3 Å². The minimum Gasteiger partial charge on any atom is -0.503 e. The highest BCUT2D eigenvalue weighted by Gasteiger charge is 2.66. The molecule has 6 aromatic rings. The van der Waals surface area contributed by atoms with Crippen molar-refractivity contribution in [3.63, 3.8) is 0 Å². The molecule has 5 atom stereocenters. The zero-order valence-electron chi connectivity index (χ0n) is 49.4. The molecule has 2 amide bonds. The highest BCUT2D eigenvalue weighted by atomic mass is 32.1. The van der Waals surface area contributed by atoms with Crippen LogP contribution in [0.5, 0.6) is 11.5 Å². The van der Waals surface area contributed by atoms with E-state index < -0.39 is 72.0 Å². The molecule has 4 aliphatic carbocycles. The first-order chi connectivity index (χ1) is 42.5. The number of amides is 2. The normalized spacial score (nSPS) is 22.6. The SMILES string of the molecule is Cc1c(-c2ccc(N3CCc4cccc(C(=O)Nc5nc6ccccc6s5)c4C3)nc2C(=O)O)cnn1CC12CC3(C)C[C@@](C)(C1)C[C@@](OCCN(CCC(=O)O)C(=O)OCc1ccc(OCCOCCN)cc1O[C@H]1OC(C(=O)O)=C(O)C(O)=C1O)(C3)C2. The third kappa shape index (κ3) is 13.1. The minimum absolute atomic E-state index is 0.0340. The van der Waals surface area contributed by atoms with E-state index >= 15 is 0 Å². The van der Waals surface area contributed by atoms with Gasteiger partial charge in [0.25, 0.3) is 11.7 Å². The van der Waals surface area contributed by atoms with Crippen molar-refractivity contribution in [2.75, 3.05) is 62.8 Å². The zero-order chi connectivity index (χ0) is 63.0. The van der Waals surface area contributed by atoms with E-state index in [-0.39, 0.29) is 77.8 Å². The first-order valence-corrected chi connectivity index (χ1v) is 30.1. The molecule has 89 heavy (non-hydrogen) atoms. The Bertz CT molecular complexity index is 3770. The number of aromatic carboxylic acids is 1. The Morgan fingerprint density at radius 1 is 0.843 bits per heavy atom. The van der Waals surface area contributed by atoms with Crippen LogP contribution >= 0.6 is 11.3 Å². The summed E-state index contributed by atoms with van der Waals surface area (Å²) in [6.45, 7) is 8.10. The van der Waals surface area contributed by atoms with Crippen LogP contribution in [0.25, 0.3) is 21.3 Å². The number of hydrogen-bond acceptors (Lipinski definition) is 20. The molecule has 25 nitrogen and oxygen atoms in total. The quantitative estimate of drug-likeness (QED) is 0.0248. The molecule has 3 aromatic carbocycles. The van der Waals surface area contributed by atoms with Gasteiger partial charge in [-0.2, -0.15) is 5.10 Å². The average molecular weight is 1240 g/mol. The maximum absolute atomic E-state index is 14.0. The van der Waals surface area contributed by atoms with E-state index in [1.54, 1.807) is 18.3 Å². The van der Waals surface area contributed by atoms with Crippen LogP contribution in [0.4, 0.5) is 15.7 Å². The summed E-state index contributed by atoms with van der Waals surface area (Å²) < 4.78 is 37.8. The molecular formula is C63H70N8O17S. The first kappa shape index (κ1) is 61.7. The predicted octanol–water partition coefficient (Wildman–Crippen LogP) is 8.90. The molecule has 4 saturated carbocycles. The van der Waals surface area contributed by atoms with E-state index in [1.165, 1.54) is 34.4 Å². The monoisotopic (exact) mass is 1240 g/mol. The predicted molar refractivity (Wildman–Crippen MR) is 322 cm³/mol. The molecule has 0 spiro atoms. The number of carbonyl (C=O) groups excluding carboxylic acids is 2. The van der Waals surface area contributed by atoms with Crippen LogP contribution in [-0.2, 0) is 54.7 Å². The molecule has 4 bridgehead atoms. The number of hydrogen-bond donors (Lipinski definition) is 8. The highest BCUT2D eigenvalue weighted by Crippen LogP contribution is 2.72. The summed E-state index contributed by atoms with van der Waals surface area (Å²) in [5.41, 5.74) is 9.45. The summed E-state index contributed by atoms with van der Waals surface area (Å²) in [5, 5.41) is 69.5. The Labute approximate surface area is 514 Å². The molecule has 470 valence electrons. The molecule has 5 heterocycles. The number of aliphatic hydroxyl groups excluding tert-OH is 3. The number of aliphatic carboxylic acids is 2. The summed E-state index contributed by atoms with van der Waals surface area (Å²) in [7, 11) is 0. The third-order valence-corrected chi connectivity index (χ3v) is 18.3. The van der Waals surface area contributed by atoms with Crippen molar-refractivity contribution in [2.24, 2.45) is 22.0 Å². The minimum atomic E-state index is -1.98. The zero-order valence-corrected chi connectivity index (χ0v) is 50.2. The Balaban J connectivity index is 0.767. The number of carboxylic acid groups (broad SMARTS) is 3. The van der Waals surface area contributed by atoms with Crippen LogP contribution in [0, 0.1) is 23.2 Å². The summed E-state index contributed by atoms with van der Waals surface area (Å²) in [6.07, 6.45) is 4.05. The first-order valence-electron chi connectivity index (χ1n) is 29.3. The fraction of sp³-hybridized carbons (Fsp3) is 0.429. The second-order valence-corrected chi connectivity index (χ2v) is 25.5. The average Bonchev–Trinajstić information content (AvgIpc) is 0.949. The van der Waals surface area contributed by atoms with Crippen LogP contribution < -0.4 is 25.4 Å². The number of nitrogens with one attached hydrogen (secondary N) is 1. The van der Waals surface area contributed by atoms with Crippen molar-refractivity contribution in [1.29, 1.82) is 0 Å². The number of fused-ring (bicyclic) bond motifs is 2. The summed E-state index contributed by atoms with van der Waals surface area (Å²) >= 11 is 1.40. The standard InChI is InChI=1S/C63H70N8O17S/c1-36-42(40-13-14-47(67-49(40)55(78)79)70-18-15-37-7-6-8-41(43(37)27-70)54(77)68-58-66-44-9-4-5-10-46(44)89-58)26-65-71(36)35-62-30-60(2)29-61(3,31-62)33-63(32-60,34-62)86-22-20-69(19-16-48(72)73)59(82)85-28-38-11-12-39(84-24-23-83-21-17-64)25-45(38)87-57-52(76)50(74)51(75)53(88-57)56(80)81/h4-14,25-26,57,74-76H,15-24,27-35,64H2,1-3H3,(H,72,73)(H,78,79)(H,80,81)(H,66,68,77)/t57-,60-,61?,62?,63+/m0/s1. The van der Waals surface area contributed by atoms with E-state index in [9.17, 15) is 54.6 Å². The number of carboxylic acids is 3. The lowest BCUT2D eigenvalue weighted by molar-refractivity contribution is -0.248. The van der Waals surface area contributed by atoms with E-state index in [4.69, 9.17) is 44.2 Å². The fourth-order valence-electron chi connectivity index (χ4n) is 14.7. The van der Waals surface area contributed by atoms with Gasteiger partial charge in [-0.3, -0.25) is 19.6 Å².